The highest BCUT2D eigenvalue weighted by molar-refractivity contribution is 7.15. The SMILES string of the molecule is O=C1N(Cc2ccccc2)CCN1/N=C/c1c(-c2ccccc2)nc2sccn12. The van der Waals surface area contributed by atoms with E-state index in [2.05, 4.69) is 5.10 Å². The number of aromatic nitrogens is 2. The van der Waals surface area contributed by atoms with Crippen LogP contribution in [0.5, 0.6) is 0 Å². The Bertz CT molecular complexity index is 1170. The fourth-order valence-corrected chi connectivity index (χ4v) is 4.21. The molecule has 6 nitrogen and oxygen atoms in total. The zero-order valence-corrected chi connectivity index (χ0v) is 16.5. The van der Waals surface area contributed by atoms with E-state index in [1.54, 1.807) is 17.6 Å². The number of benzene rings is 2. The van der Waals surface area contributed by atoms with Crippen molar-refractivity contribution in [1.82, 2.24) is 19.3 Å². The molecular formula is C22H19N5OS. The van der Waals surface area contributed by atoms with Crippen molar-refractivity contribution in [2.75, 3.05) is 13.1 Å². The van der Waals surface area contributed by atoms with Crippen LogP contribution in [0.2, 0.25) is 0 Å². The first kappa shape index (κ1) is 17.6. The average molecular weight is 401 g/mol. The van der Waals surface area contributed by atoms with Crippen LogP contribution in [0.25, 0.3) is 16.2 Å². The summed E-state index contributed by atoms with van der Waals surface area (Å²) in [5.41, 5.74) is 3.90. The van der Waals surface area contributed by atoms with E-state index in [0.717, 1.165) is 27.5 Å². The Balaban J connectivity index is 1.40. The minimum absolute atomic E-state index is 0.0718. The molecule has 29 heavy (non-hydrogen) atoms. The van der Waals surface area contributed by atoms with E-state index in [1.807, 2.05) is 81.5 Å². The van der Waals surface area contributed by atoms with Crippen LogP contribution in [0.4, 0.5) is 4.79 Å². The van der Waals surface area contributed by atoms with E-state index >= 15 is 0 Å². The third-order valence-corrected chi connectivity index (χ3v) is 5.71. The van der Waals surface area contributed by atoms with Gasteiger partial charge in [-0.05, 0) is 5.56 Å². The molecule has 2 aromatic carbocycles. The first-order chi connectivity index (χ1) is 14.3. The molecule has 0 atom stereocenters. The molecule has 1 aliphatic rings. The van der Waals surface area contributed by atoms with Crippen LogP contribution in [-0.4, -0.2) is 44.6 Å². The number of urea groups is 1. The standard InChI is InChI=1S/C22H19N5OS/c28-22-25(16-17-7-3-1-4-8-17)11-12-27(22)23-15-19-20(18-9-5-2-6-10-18)24-21-26(19)13-14-29-21/h1-10,13-15H,11-12,16H2/b23-15+. The minimum Gasteiger partial charge on any atom is -0.317 e. The van der Waals surface area contributed by atoms with Gasteiger partial charge in [-0.1, -0.05) is 60.7 Å². The van der Waals surface area contributed by atoms with Gasteiger partial charge < -0.3 is 4.90 Å². The molecule has 0 radical (unpaired) electrons. The molecule has 2 amide bonds. The Kier molecular flexibility index (Phi) is 4.57. The number of fused-ring (bicyclic) bond motifs is 1. The molecule has 0 unspecified atom stereocenters. The van der Waals surface area contributed by atoms with E-state index in [1.165, 1.54) is 5.01 Å². The van der Waals surface area contributed by atoms with Gasteiger partial charge in [0.2, 0.25) is 0 Å². The van der Waals surface area contributed by atoms with E-state index < -0.39 is 0 Å². The first-order valence-electron chi connectivity index (χ1n) is 9.45. The van der Waals surface area contributed by atoms with Crippen LogP contribution < -0.4 is 0 Å². The lowest BCUT2D eigenvalue weighted by Gasteiger charge is -2.15. The summed E-state index contributed by atoms with van der Waals surface area (Å²) in [6.45, 7) is 1.84. The number of imidazole rings is 1. The maximum Gasteiger partial charge on any atom is 0.340 e. The second-order valence-corrected chi connectivity index (χ2v) is 7.70. The van der Waals surface area contributed by atoms with E-state index in [9.17, 15) is 4.79 Å². The molecule has 4 aromatic rings. The molecule has 0 aliphatic carbocycles. The van der Waals surface area contributed by atoms with E-state index in [-0.39, 0.29) is 6.03 Å². The fraction of sp³-hybridized carbons (Fsp3) is 0.136. The third kappa shape index (κ3) is 3.40. The van der Waals surface area contributed by atoms with Gasteiger partial charge >= 0.3 is 6.03 Å². The van der Waals surface area contributed by atoms with Crippen molar-refractivity contribution in [2.45, 2.75) is 6.54 Å². The number of nitrogens with zero attached hydrogens (tertiary/aromatic N) is 5. The summed E-state index contributed by atoms with van der Waals surface area (Å²) in [5, 5.41) is 8.04. The number of hydrogen-bond acceptors (Lipinski definition) is 4. The topological polar surface area (TPSA) is 53.2 Å². The second-order valence-electron chi connectivity index (χ2n) is 6.82. The number of carbonyl (C=O) groups is 1. The number of hydrazone groups is 1. The quantitative estimate of drug-likeness (QED) is 0.467. The van der Waals surface area contributed by atoms with Crippen molar-refractivity contribution in [3.05, 3.63) is 83.5 Å². The van der Waals surface area contributed by atoms with Gasteiger partial charge in [-0.25, -0.2) is 14.8 Å². The zero-order chi connectivity index (χ0) is 19.6. The van der Waals surface area contributed by atoms with Gasteiger partial charge in [-0.2, -0.15) is 5.10 Å². The Morgan fingerprint density at radius 2 is 1.79 bits per heavy atom. The lowest BCUT2D eigenvalue weighted by molar-refractivity contribution is 0.192. The summed E-state index contributed by atoms with van der Waals surface area (Å²) in [5.74, 6) is 0. The van der Waals surface area contributed by atoms with Crippen LogP contribution in [0.3, 0.4) is 0 Å². The second kappa shape index (κ2) is 7.52. The van der Waals surface area contributed by atoms with Crippen molar-refractivity contribution in [1.29, 1.82) is 0 Å². The van der Waals surface area contributed by atoms with E-state index in [4.69, 9.17) is 4.98 Å². The molecule has 0 saturated carbocycles. The average Bonchev–Trinajstić information content (AvgIpc) is 3.44. The molecule has 0 N–H and O–H groups in total. The van der Waals surface area contributed by atoms with Crippen molar-refractivity contribution in [3.8, 4) is 11.3 Å². The normalized spacial score (nSPS) is 14.6. The van der Waals surface area contributed by atoms with Crippen molar-refractivity contribution in [2.24, 2.45) is 5.10 Å². The molecule has 2 aromatic heterocycles. The Morgan fingerprint density at radius 1 is 1.03 bits per heavy atom. The smallest absolute Gasteiger partial charge is 0.317 e. The largest absolute Gasteiger partial charge is 0.340 e. The number of amides is 2. The van der Waals surface area contributed by atoms with Gasteiger partial charge in [0.1, 0.15) is 0 Å². The van der Waals surface area contributed by atoms with Crippen LogP contribution in [-0.2, 0) is 6.54 Å². The van der Waals surface area contributed by atoms with Gasteiger partial charge in [-0.3, -0.25) is 4.40 Å². The maximum absolute atomic E-state index is 12.8. The van der Waals surface area contributed by atoms with Crippen LogP contribution >= 0.6 is 11.3 Å². The molecule has 1 fully saturated rings. The van der Waals surface area contributed by atoms with Crippen molar-refractivity contribution >= 4 is 28.5 Å². The Hall–Kier alpha value is -3.45. The molecular weight excluding hydrogens is 382 g/mol. The molecule has 7 heteroatoms. The van der Waals surface area contributed by atoms with Crippen LogP contribution in [0.1, 0.15) is 11.3 Å². The number of thiazole rings is 1. The monoisotopic (exact) mass is 401 g/mol. The molecule has 0 spiro atoms. The highest BCUT2D eigenvalue weighted by Gasteiger charge is 2.28. The maximum atomic E-state index is 12.8. The zero-order valence-electron chi connectivity index (χ0n) is 15.7. The summed E-state index contributed by atoms with van der Waals surface area (Å²) in [4.78, 5) is 20.2. The molecule has 1 saturated heterocycles. The number of carbonyl (C=O) groups excluding carboxylic acids is 1. The van der Waals surface area contributed by atoms with E-state index in [0.29, 0.717) is 19.6 Å². The number of rotatable bonds is 5. The van der Waals surface area contributed by atoms with Gasteiger partial charge in [0, 0.05) is 30.2 Å². The molecule has 1 aliphatic heterocycles. The van der Waals surface area contributed by atoms with Crippen molar-refractivity contribution < 1.29 is 4.79 Å². The highest BCUT2D eigenvalue weighted by Crippen LogP contribution is 2.25. The van der Waals surface area contributed by atoms with Crippen LogP contribution in [0, 0.1) is 0 Å². The molecule has 3 heterocycles. The first-order valence-corrected chi connectivity index (χ1v) is 10.3. The summed E-state index contributed by atoms with van der Waals surface area (Å²) in [6, 6.07) is 20.0. The third-order valence-electron chi connectivity index (χ3n) is 4.96. The van der Waals surface area contributed by atoms with Gasteiger partial charge in [-0.15, -0.1) is 11.3 Å². The molecule has 144 valence electrons. The lowest BCUT2D eigenvalue weighted by Crippen LogP contribution is -2.28. The summed E-state index contributed by atoms with van der Waals surface area (Å²) >= 11 is 1.58. The van der Waals surface area contributed by atoms with Gasteiger partial charge in [0.05, 0.1) is 24.1 Å². The Morgan fingerprint density at radius 3 is 2.59 bits per heavy atom. The fourth-order valence-electron chi connectivity index (χ4n) is 3.49. The lowest BCUT2D eigenvalue weighted by atomic mass is 10.1. The summed E-state index contributed by atoms with van der Waals surface area (Å²) < 4.78 is 2.01. The minimum atomic E-state index is -0.0718. The summed E-state index contributed by atoms with van der Waals surface area (Å²) in [7, 11) is 0. The van der Waals surface area contributed by atoms with Crippen LogP contribution in [0.15, 0.2) is 77.3 Å². The van der Waals surface area contributed by atoms with Gasteiger partial charge in [0.25, 0.3) is 0 Å². The number of hydrogen-bond donors (Lipinski definition) is 0. The van der Waals surface area contributed by atoms with Gasteiger partial charge in [0.15, 0.2) is 4.96 Å². The predicted octanol–water partition coefficient (Wildman–Crippen LogP) is 4.33. The molecule has 0 bridgehead atoms. The predicted molar refractivity (Wildman–Crippen MR) is 115 cm³/mol. The summed E-state index contributed by atoms with van der Waals surface area (Å²) in [6.07, 6.45) is 3.73. The molecule has 5 rings (SSSR count). The highest BCUT2D eigenvalue weighted by atomic mass is 32.1. The van der Waals surface area contributed by atoms with Crippen molar-refractivity contribution in [3.63, 3.8) is 0 Å². The Labute approximate surface area is 172 Å².